The summed E-state index contributed by atoms with van der Waals surface area (Å²) in [6.45, 7) is 5.48. The predicted molar refractivity (Wildman–Crippen MR) is 305 cm³/mol. The molecule has 0 unspecified atom stereocenters. The van der Waals surface area contributed by atoms with Crippen molar-refractivity contribution in [1.82, 2.24) is 14.7 Å². The van der Waals surface area contributed by atoms with Crippen molar-refractivity contribution in [2.75, 3.05) is 92.3 Å². The first-order valence-corrected chi connectivity index (χ1v) is 26.4. The molecule has 3 heterocycles. The fraction of sp³-hybridized carbons (Fsp3) is 0.295. The van der Waals surface area contributed by atoms with Crippen molar-refractivity contribution in [3.63, 3.8) is 0 Å². The number of nitriles is 1. The van der Waals surface area contributed by atoms with Gasteiger partial charge in [-0.05, 0) is 184 Å². The number of amides is 6. The normalized spacial score (nSPS) is 15.3. The number of para-hydroxylation sites is 1. The molecule has 6 N–H and O–H groups in total. The van der Waals surface area contributed by atoms with E-state index in [4.69, 9.17) is 5.26 Å². The molecule has 0 bridgehead atoms. The van der Waals surface area contributed by atoms with Crippen LogP contribution in [0.5, 0.6) is 0 Å². The lowest BCUT2D eigenvalue weighted by atomic mass is 9.89. The number of hydrogen-bond donors (Lipinski definition) is 6. The van der Waals surface area contributed by atoms with E-state index in [1.54, 1.807) is 109 Å². The quantitative estimate of drug-likeness (QED) is 0.0639. The van der Waals surface area contributed by atoms with Crippen molar-refractivity contribution in [2.24, 2.45) is 17.8 Å². The molecule has 3 fully saturated rings. The van der Waals surface area contributed by atoms with Gasteiger partial charge in [0.2, 0.25) is 0 Å². The maximum absolute atomic E-state index is 13.6. The lowest BCUT2D eigenvalue weighted by Crippen LogP contribution is -2.33. The lowest BCUT2D eigenvalue weighted by molar-refractivity contribution is 0.0850. The molecule has 6 aromatic carbocycles. The molecule has 3 aliphatic heterocycles. The Balaban J connectivity index is 0.000000173. The number of Topliss-reactive ketones (excluding diaryl/α,β-unsaturated/α-hetero) is 3. The van der Waals surface area contributed by atoms with E-state index in [9.17, 15) is 41.9 Å². The van der Waals surface area contributed by atoms with E-state index in [-0.39, 0.29) is 46.5 Å². The predicted octanol–water partition coefficient (Wildman–Crippen LogP) is 11.9. The Bertz CT molecular complexity index is 3180. The van der Waals surface area contributed by atoms with Crippen LogP contribution in [0, 0.1) is 46.5 Å². The summed E-state index contributed by atoms with van der Waals surface area (Å²) in [6, 6.07) is 36.8. The second-order valence-corrected chi connectivity index (χ2v) is 20.1. The number of ketones is 3. The Morgan fingerprint density at radius 2 is 0.750 bits per heavy atom. The third-order valence-corrected chi connectivity index (χ3v) is 14.1. The van der Waals surface area contributed by atoms with E-state index in [0.717, 1.165) is 89.9 Å². The van der Waals surface area contributed by atoms with Gasteiger partial charge in [0.1, 0.15) is 5.82 Å². The smallest absolute Gasteiger partial charge is 0.308 e. The van der Waals surface area contributed by atoms with E-state index in [2.05, 4.69) is 60.7 Å². The highest BCUT2D eigenvalue weighted by molar-refractivity contribution is 6.04. The first-order valence-electron chi connectivity index (χ1n) is 26.4. The minimum absolute atomic E-state index is 0.00698. The van der Waals surface area contributed by atoms with Crippen LogP contribution in [0.4, 0.5) is 61.7 Å². The number of nitrogens with one attached hydrogen (secondary N) is 6. The van der Waals surface area contributed by atoms with Crippen LogP contribution in [0.2, 0.25) is 0 Å². The topological polar surface area (TPSA) is 208 Å². The second kappa shape index (κ2) is 28.8. The summed E-state index contributed by atoms with van der Waals surface area (Å²) in [5, 5.41) is 24.4. The summed E-state index contributed by atoms with van der Waals surface area (Å²) >= 11 is 0. The summed E-state index contributed by atoms with van der Waals surface area (Å²) < 4.78 is 39.8. The molecule has 16 nitrogen and oxygen atoms in total. The first-order chi connectivity index (χ1) is 38.5. The fourth-order valence-electron chi connectivity index (χ4n) is 9.41. The Hall–Kier alpha value is -8.70. The number of urea groups is 3. The van der Waals surface area contributed by atoms with Crippen LogP contribution >= 0.6 is 0 Å². The summed E-state index contributed by atoms with van der Waals surface area (Å²) in [5.41, 5.74) is 4.63. The van der Waals surface area contributed by atoms with Gasteiger partial charge in [-0.25, -0.2) is 27.6 Å². The van der Waals surface area contributed by atoms with Crippen LogP contribution in [0.25, 0.3) is 0 Å². The molecular formula is C61H65F3N10O6. The Labute approximate surface area is 463 Å². The van der Waals surface area contributed by atoms with Crippen molar-refractivity contribution >= 4 is 69.6 Å². The van der Waals surface area contributed by atoms with Crippen LogP contribution in [0.1, 0.15) is 75.2 Å². The van der Waals surface area contributed by atoms with Gasteiger partial charge in [-0.2, -0.15) is 5.26 Å². The third kappa shape index (κ3) is 17.7. The molecule has 6 aromatic rings. The van der Waals surface area contributed by atoms with E-state index in [0.29, 0.717) is 45.0 Å². The Morgan fingerprint density at radius 1 is 0.400 bits per heavy atom. The number of rotatable bonds is 12. The molecule has 6 amide bonds. The fourth-order valence-corrected chi connectivity index (χ4v) is 9.41. The van der Waals surface area contributed by atoms with Gasteiger partial charge in [-0.3, -0.25) is 14.4 Å². The zero-order chi connectivity index (χ0) is 57.1. The number of carbonyl (C=O) groups is 6. The number of piperidine rings is 3. The third-order valence-electron chi connectivity index (χ3n) is 14.1. The summed E-state index contributed by atoms with van der Waals surface area (Å²) in [5.74, 6) is -2.15. The molecular weight excluding hydrogens is 1030 g/mol. The van der Waals surface area contributed by atoms with E-state index >= 15 is 0 Å². The van der Waals surface area contributed by atoms with Crippen LogP contribution in [-0.4, -0.2) is 111 Å². The molecule has 9 rings (SSSR count). The Kier molecular flexibility index (Phi) is 21.2. The van der Waals surface area contributed by atoms with Crippen LogP contribution in [0.3, 0.4) is 0 Å². The molecule has 0 spiro atoms. The Morgan fingerprint density at radius 3 is 1.12 bits per heavy atom. The maximum atomic E-state index is 13.6. The van der Waals surface area contributed by atoms with Gasteiger partial charge in [0.25, 0.3) is 0 Å². The van der Waals surface area contributed by atoms with Crippen LogP contribution in [0.15, 0.2) is 140 Å². The highest BCUT2D eigenvalue weighted by Gasteiger charge is 2.27. The van der Waals surface area contributed by atoms with Gasteiger partial charge < -0.3 is 46.6 Å². The van der Waals surface area contributed by atoms with E-state index in [1.165, 1.54) is 18.2 Å². The van der Waals surface area contributed by atoms with Crippen LogP contribution < -0.4 is 31.9 Å². The van der Waals surface area contributed by atoms with Crippen molar-refractivity contribution in [1.29, 1.82) is 5.26 Å². The molecule has 0 saturated carbocycles. The number of likely N-dealkylation sites (tertiary alicyclic amines) is 3. The molecule has 19 heteroatoms. The maximum Gasteiger partial charge on any atom is 0.323 e. The van der Waals surface area contributed by atoms with Crippen molar-refractivity contribution in [3.8, 4) is 6.07 Å². The van der Waals surface area contributed by atoms with Gasteiger partial charge in [0.05, 0.1) is 17.3 Å². The van der Waals surface area contributed by atoms with E-state index in [1.807, 2.05) is 13.1 Å². The standard InChI is InChI=1S/C21H22N4O2.C20H21F2N3O2.C20H22FN3O2/c1-25-11-9-16(10-12-25)20(26)17-3-2-4-19(13-17)24-21(27)23-18-7-5-15(14-22)6-8-18;1-25-9-7-13(8-10-25)19(26)14-3-2-4-15(11-14)23-20(27)24-16-5-6-17(21)18(22)12-16;1-24-11-9-14(10-12-24)19(25)15-5-4-6-16(13-15)22-20(26)23-18-8-3-2-7-17(18)21/h2-8,13,16H,9-12H2,1H3,(H2,23,24,27);2-6,11-13H,7-10H2,1H3,(H2,23,24,27);2-8,13-14H,9-12H2,1H3,(H2,22,23,26). The molecule has 0 aliphatic carbocycles. The lowest BCUT2D eigenvalue weighted by Gasteiger charge is -2.28. The van der Waals surface area contributed by atoms with Crippen molar-refractivity contribution in [3.05, 3.63) is 179 Å². The second-order valence-electron chi connectivity index (χ2n) is 20.1. The highest BCUT2D eigenvalue weighted by atomic mass is 19.2. The molecule has 3 aliphatic rings. The molecule has 0 atom stereocenters. The molecule has 0 aromatic heterocycles. The van der Waals surface area contributed by atoms with Crippen molar-refractivity contribution in [2.45, 2.75) is 38.5 Å². The van der Waals surface area contributed by atoms with Gasteiger partial charge in [0, 0.05) is 68.9 Å². The minimum atomic E-state index is -1.04. The molecule has 80 heavy (non-hydrogen) atoms. The molecule has 0 radical (unpaired) electrons. The number of carbonyl (C=O) groups excluding carboxylic acids is 6. The largest absolute Gasteiger partial charge is 0.323 e. The highest BCUT2D eigenvalue weighted by Crippen LogP contribution is 2.26. The van der Waals surface area contributed by atoms with Gasteiger partial charge in [0.15, 0.2) is 29.0 Å². The summed E-state index contributed by atoms with van der Waals surface area (Å²) in [6.07, 6.45) is 5.08. The van der Waals surface area contributed by atoms with Crippen LogP contribution in [-0.2, 0) is 0 Å². The zero-order valence-corrected chi connectivity index (χ0v) is 44.9. The number of nitrogens with zero attached hydrogens (tertiary/aromatic N) is 4. The van der Waals surface area contributed by atoms with Gasteiger partial charge >= 0.3 is 18.1 Å². The molecule has 416 valence electrons. The molecule has 3 saturated heterocycles. The van der Waals surface area contributed by atoms with Gasteiger partial charge in [-0.1, -0.05) is 48.5 Å². The average molecular weight is 1090 g/mol. The zero-order valence-electron chi connectivity index (χ0n) is 44.9. The van der Waals surface area contributed by atoms with Crippen molar-refractivity contribution < 1.29 is 41.9 Å². The number of hydrogen-bond acceptors (Lipinski definition) is 10. The minimum Gasteiger partial charge on any atom is -0.308 e. The van der Waals surface area contributed by atoms with E-state index < -0.39 is 35.5 Å². The number of halogens is 3. The average Bonchev–Trinajstić information content (AvgIpc) is 3.45. The first kappa shape index (κ1) is 59.0. The SMILES string of the molecule is CN1CCC(C(=O)c2cccc(NC(=O)Nc3ccc(C#N)cc3)c2)CC1.CN1CCC(C(=O)c2cccc(NC(=O)Nc3ccc(F)c(F)c3)c2)CC1.CN1CCC(C(=O)c2cccc(NC(=O)Nc3ccccc3F)c2)CC1. The summed E-state index contributed by atoms with van der Waals surface area (Å²) in [7, 11) is 6.16. The summed E-state index contributed by atoms with van der Waals surface area (Å²) in [4.78, 5) is 81.1. The number of anilines is 6. The monoisotopic (exact) mass is 1090 g/mol. The number of benzene rings is 6. The van der Waals surface area contributed by atoms with Gasteiger partial charge in [-0.15, -0.1) is 0 Å².